The molecule has 2 amide bonds. The minimum Gasteiger partial charge on any atom is -0.481 e. The molecule has 1 saturated carbocycles. The summed E-state index contributed by atoms with van der Waals surface area (Å²) in [5, 5.41) is 12.5. The first-order chi connectivity index (χ1) is 11.3. The van der Waals surface area contributed by atoms with Crippen molar-refractivity contribution in [2.75, 3.05) is 13.1 Å². The number of nitrogens with zero attached hydrogens (tertiary/aromatic N) is 1. The molecule has 3 atom stereocenters. The molecule has 1 heterocycles. The third-order valence-electron chi connectivity index (χ3n) is 5.61. The Morgan fingerprint density at radius 3 is 2.83 bits per heavy atom. The normalized spacial score (nSPS) is 27.0. The average Bonchev–Trinajstić information content (AvgIpc) is 3.08. The Morgan fingerprint density at radius 2 is 2.21 bits per heavy atom. The van der Waals surface area contributed by atoms with Crippen LogP contribution >= 0.6 is 0 Å². The first-order valence-electron chi connectivity index (χ1n) is 8.38. The van der Waals surface area contributed by atoms with Gasteiger partial charge in [-0.15, -0.1) is 0 Å². The van der Waals surface area contributed by atoms with E-state index in [9.17, 15) is 19.1 Å². The number of hydrogen-bond acceptors (Lipinski definition) is 2. The number of rotatable bonds is 3. The minimum absolute atomic E-state index is 0.0455. The summed E-state index contributed by atoms with van der Waals surface area (Å²) in [6.45, 7) is 4.29. The van der Waals surface area contributed by atoms with Crippen molar-refractivity contribution >= 4 is 12.0 Å². The molecular formula is C18H23FN2O3. The van der Waals surface area contributed by atoms with Crippen molar-refractivity contribution in [1.82, 2.24) is 10.2 Å². The Bertz CT molecular complexity index is 678. The Hall–Kier alpha value is -2.11. The van der Waals surface area contributed by atoms with Crippen molar-refractivity contribution < 1.29 is 19.1 Å². The Balaban J connectivity index is 1.67. The first-order valence-corrected chi connectivity index (χ1v) is 8.38. The number of fused-ring (bicyclic) bond motifs is 1. The molecule has 6 heteroatoms. The summed E-state index contributed by atoms with van der Waals surface area (Å²) < 4.78 is 13.4. The average molecular weight is 334 g/mol. The number of hydrogen-bond donors (Lipinski definition) is 2. The molecule has 1 aromatic rings. The lowest BCUT2D eigenvalue weighted by molar-refractivity contribution is -0.149. The predicted octanol–water partition coefficient (Wildman–Crippen LogP) is 3.09. The molecule has 2 N–H and O–H groups in total. The molecule has 0 bridgehead atoms. The van der Waals surface area contributed by atoms with E-state index in [1.165, 1.54) is 6.07 Å². The van der Waals surface area contributed by atoms with E-state index in [-0.39, 0.29) is 30.4 Å². The standard InChI is InChI=1S/C18H23FN2O3/c1-11-8-13(5-6-15(11)19)12(2)20-17(24)21-9-14-4-3-7-18(14,10-21)16(22)23/h5-6,8,12,14H,3-4,7,9-10H2,1-2H3,(H,20,24)(H,22,23)/t12-,14+,18-/m1/s1. The Morgan fingerprint density at radius 1 is 1.46 bits per heavy atom. The van der Waals surface area contributed by atoms with E-state index in [4.69, 9.17) is 0 Å². The maximum Gasteiger partial charge on any atom is 0.317 e. The van der Waals surface area contributed by atoms with Gasteiger partial charge < -0.3 is 15.3 Å². The molecule has 1 saturated heterocycles. The van der Waals surface area contributed by atoms with Crippen LogP contribution in [0.1, 0.15) is 43.4 Å². The highest BCUT2D eigenvalue weighted by atomic mass is 19.1. The molecular weight excluding hydrogens is 311 g/mol. The maximum atomic E-state index is 13.4. The van der Waals surface area contributed by atoms with Crippen LogP contribution in [-0.2, 0) is 4.79 Å². The number of aliphatic carboxylic acids is 1. The maximum absolute atomic E-state index is 13.4. The van der Waals surface area contributed by atoms with E-state index < -0.39 is 11.4 Å². The molecule has 0 spiro atoms. The molecule has 1 aliphatic heterocycles. The highest BCUT2D eigenvalue weighted by Gasteiger charge is 2.55. The van der Waals surface area contributed by atoms with Gasteiger partial charge in [-0.25, -0.2) is 9.18 Å². The van der Waals surface area contributed by atoms with Crippen LogP contribution in [0, 0.1) is 24.1 Å². The van der Waals surface area contributed by atoms with Gasteiger partial charge in [0.15, 0.2) is 0 Å². The zero-order valence-electron chi connectivity index (χ0n) is 14.0. The van der Waals surface area contributed by atoms with Crippen molar-refractivity contribution in [3.63, 3.8) is 0 Å². The van der Waals surface area contributed by atoms with Crippen LogP contribution in [0.15, 0.2) is 18.2 Å². The van der Waals surface area contributed by atoms with Gasteiger partial charge in [-0.3, -0.25) is 4.79 Å². The number of halogens is 1. The van der Waals surface area contributed by atoms with Crippen LogP contribution in [0.4, 0.5) is 9.18 Å². The number of likely N-dealkylation sites (tertiary alicyclic amines) is 1. The summed E-state index contributed by atoms with van der Waals surface area (Å²) in [6.07, 6.45) is 2.42. The number of benzene rings is 1. The van der Waals surface area contributed by atoms with E-state index in [1.807, 2.05) is 6.92 Å². The SMILES string of the molecule is Cc1cc([C@@H](C)NC(=O)N2C[C@@H]3CCC[C@@]3(C(=O)O)C2)ccc1F. The minimum atomic E-state index is -0.789. The summed E-state index contributed by atoms with van der Waals surface area (Å²) in [5.74, 6) is -1.01. The topological polar surface area (TPSA) is 69.6 Å². The summed E-state index contributed by atoms with van der Waals surface area (Å²) >= 11 is 0. The highest BCUT2D eigenvalue weighted by Crippen LogP contribution is 2.48. The number of amides is 2. The third kappa shape index (κ3) is 2.74. The fourth-order valence-corrected chi connectivity index (χ4v) is 4.09. The molecule has 2 fully saturated rings. The molecule has 2 aliphatic rings. The van der Waals surface area contributed by atoms with Crippen LogP contribution in [0.5, 0.6) is 0 Å². The lowest BCUT2D eigenvalue weighted by Gasteiger charge is -2.24. The smallest absolute Gasteiger partial charge is 0.317 e. The van der Waals surface area contributed by atoms with Gasteiger partial charge in [0, 0.05) is 13.1 Å². The lowest BCUT2D eigenvalue weighted by atomic mass is 9.81. The van der Waals surface area contributed by atoms with Crippen molar-refractivity contribution in [1.29, 1.82) is 0 Å². The first kappa shape index (κ1) is 16.7. The Kier molecular flexibility index (Phi) is 4.24. The molecule has 24 heavy (non-hydrogen) atoms. The number of carboxylic acid groups (broad SMARTS) is 1. The van der Waals surface area contributed by atoms with Gasteiger partial charge in [-0.1, -0.05) is 18.6 Å². The summed E-state index contributed by atoms with van der Waals surface area (Å²) in [7, 11) is 0. The van der Waals surface area contributed by atoms with Gasteiger partial charge in [0.25, 0.3) is 0 Å². The summed E-state index contributed by atoms with van der Waals surface area (Å²) in [6, 6.07) is 4.26. The summed E-state index contributed by atoms with van der Waals surface area (Å²) in [4.78, 5) is 25.8. The van der Waals surface area contributed by atoms with Crippen molar-refractivity contribution in [3.05, 3.63) is 35.1 Å². The van der Waals surface area contributed by atoms with E-state index >= 15 is 0 Å². The number of urea groups is 1. The van der Waals surface area contributed by atoms with Crippen LogP contribution in [-0.4, -0.2) is 35.1 Å². The number of carbonyl (C=O) groups is 2. The number of carboxylic acids is 1. The monoisotopic (exact) mass is 334 g/mol. The summed E-state index contributed by atoms with van der Waals surface area (Å²) in [5.41, 5.74) is 0.594. The van der Waals surface area contributed by atoms with E-state index in [0.29, 0.717) is 18.5 Å². The van der Waals surface area contributed by atoms with Gasteiger partial charge in [-0.05, 0) is 49.8 Å². The fraction of sp³-hybridized carbons (Fsp3) is 0.556. The molecule has 0 aromatic heterocycles. The highest BCUT2D eigenvalue weighted by molar-refractivity contribution is 5.80. The van der Waals surface area contributed by atoms with Crippen molar-refractivity contribution in [3.8, 4) is 0 Å². The Labute approximate surface area is 140 Å². The van der Waals surface area contributed by atoms with Crippen LogP contribution in [0.3, 0.4) is 0 Å². The van der Waals surface area contributed by atoms with Crippen LogP contribution in [0.25, 0.3) is 0 Å². The van der Waals surface area contributed by atoms with Gasteiger partial charge in [-0.2, -0.15) is 0 Å². The fourth-order valence-electron chi connectivity index (χ4n) is 4.09. The van der Waals surface area contributed by atoms with E-state index in [0.717, 1.165) is 18.4 Å². The zero-order chi connectivity index (χ0) is 17.5. The second kappa shape index (κ2) is 6.07. The van der Waals surface area contributed by atoms with Crippen LogP contribution in [0.2, 0.25) is 0 Å². The second-order valence-electron chi connectivity index (χ2n) is 7.11. The number of carbonyl (C=O) groups excluding carboxylic acids is 1. The third-order valence-corrected chi connectivity index (χ3v) is 5.61. The quantitative estimate of drug-likeness (QED) is 0.892. The predicted molar refractivity (Wildman–Crippen MR) is 87.1 cm³/mol. The van der Waals surface area contributed by atoms with E-state index in [2.05, 4.69) is 5.32 Å². The van der Waals surface area contributed by atoms with Crippen LogP contribution < -0.4 is 5.32 Å². The molecule has 1 aliphatic carbocycles. The van der Waals surface area contributed by atoms with Crippen molar-refractivity contribution in [2.45, 2.75) is 39.2 Å². The van der Waals surface area contributed by atoms with Gasteiger partial charge in [0.1, 0.15) is 5.82 Å². The van der Waals surface area contributed by atoms with Gasteiger partial charge in [0.2, 0.25) is 0 Å². The molecule has 5 nitrogen and oxygen atoms in total. The van der Waals surface area contributed by atoms with Gasteiger partial charge in [0.05, 0.1) is 11.5 Å². The zero-order valence-corrected chi connectivity index (χ0v) is 14.0. The van der Waals surface area contributed by atoms with E-state index in [1.54, 1.807) is 24.0 Å². The second-order valence-corrected chi connectivity index (χ2v) is 7.11. The largest absolute Gasteiger partial charge is 0.481 e. The van der Waals surface area contributed by atoms with Crippen molar-refractivity contribution in [2.24, 2.45) is 11.3 Å². The number of aryl methyl sites for hydroxylation is 1. The molecule has 3 rings (SSSR count). The number of nitrogens with one attached hydrogen (secondary N) is 1. The van der Waals surface area contributed by atoms with Gasteiger partial charge >= 0.3 is 12.0 Å². The molecule has 1 aromatic carbocycles. The molecule has 0 radical (unpaired) electrons. The molecule has 0 unspecified atom stereocenters. The molecule has 130 valence electrons. The lowest BCUT2D eigenvalue weighted by Crippen LogP contribution is -2.42.